The van der Waals surface area contributed by atoms with Gasteiger partial charge in [0.05, 0.1) is 18.8 Å². The molecule has 0 aliphatic carbocycles. The predicted molar refractivity (Wildman–Crippen MR) is 117 cm³/mol. The summed E-state index contributed by atoms with van der Waals surface area (Å²) < 4.78 is 5.44. The Bertz CT molecular complexity index is 1220. The van der Waals surface area contributed by atoms with Crippen LogP contribution < -0.4 is 9.64 Å². The first-order valence-corrected chi connectivity index (χ1v) is 9.92. The monoisotopic (exact) mass is 415 g/mol. The third-order valence-corrected chi connectivity index (χ3v) is 5.58. The lowest BCUT2D eigenvalue weighted by molar-refractivity contribution is 0.0988. The van der Waals surface area contributed by atoms with Gasteiger partial charge in [0.15, 0.2) is 0 Å². The van der Waals surface area contributed by atoms with Crippen LogP contribution in [-0.2, 0) is 0 Å². The summed E-state index contributed by atoms with van der Waals surface area (Å²) in [6.07, 6.45) is 0. The summed E-state index contributed by atoms with van der Waals surface area (Å²) >= 11 is 6.08. The average Bonchev–Trinajstić information content (AvgIpc) is 3.34. The summed E-state index contributed by atoms with van der Waals surface area (Å²) in [5, 5.41) is 8.09. The molecule has 1 amide bonds. The largest absolute Gasteiger partial charge is 0.497 e. The van der Waals surface area contributed by atoms with E-state index in [1.54, 1.807) is 24.1 Å². The molecule has 148 valence electrons. The molecular formula is C24H18ClN3O2. The van der Waals surface area contributed by atoms with Gasteiger partial charge in [-0.25, -0.2) is 0 Å². The zero-order chi connectivity index (χ0) is 20.7. The number of H-pyrrole nitrogens is 1. The molecule has 1 aliphatic rings. The van der Waals surface area contributed by atoms with E-state index in [0.29, 0.717) is 10.7 Å². The van der Waals surface area contributed by atoms with Crippen molar-refractivity contribution in [2.75, 3.05) is 12.0 Å². The van der Waals surface area contributed by atoms with Crippen LogP contribution in [0.5, 0.6) is 5.75 Å². The minimum atomic E-state index is -0.349. The lowest BCUT2D eigenvalue weighted by Crippen LogP contribution is -2.29. The van der Waals surface area contributed by atoms with Crippen molar-refractivity contribution in [1.82, 2.24) is 10.2 Å². The number of benzene rings is 3. The van der Waals surface area contributed by atoms with E-state index in [0.717, 1.165) is 33.8 Å². The van der Waals surface area contributed by atoms with Crippen LogP contribution in [-0.4, -0.2) is 23.2 Å². The van der Waals surface area contributed by atoms with E-state index in [1.807, 2.05) is 66.7 Å². The van der Waals surface area contributed by atoms with Crippen LogP contribution in [0.25, 0.3) is 11.3 Å². The van der Waals surface area contributed by atoms with Crippen molar-refractivity contribution in [1.29, 1.82) is 0 Å². The topological polar surface area (TPSA) is 58.2 Å². The Kier molecular flexibility index (Phi) is 4.52. The van der Waals surface area contributed by atoms with E-state index in [-0.39, 0.29) is 11.9 Å². The number of amides is 1. The summed E-state index contributed by atoms with van der Waals surface area (Å²) in [5.74, 6) is 0.601. The minimum Gasteiger partial charge on any atom is -0.497 e. The second-order valence-electron chi connectivity index (χ2n) is 7.06. The van der Waals surface area contributed by atoms with Crippen LogP contribution in [0.2, 0.25) is 5.02 Å². The molecule has 0 spiro atoms. The van der Waals surface area contributed by atoms with Crippen LogP contribution in [0.3, 0.4) is 0 Å². The summed E-state index contributed by atoms with van der Waals surface area (Å²) in [5.41, 5.74) is 4.78. The zero-order valence-corrected chi connectivity index (χ0v) is 16.9. The molecule has 4 aromatic rings. The molecule has 0 saturated heterocycles. The number of ether oxygens (including phenoxy) is 1. The van der Waals surface area contributed by atoms with E-state index in [9.17, 15) is 4.79 Å². The molecule has 5 nitrogen and oxygen atoms in total. The number of fused-ring (bicyclic) bond motifs is 1. The summed E-state index contributed by atoms with van der Waals surface area (Å²) in [6.45, 7) is 0. The minimum absolute atomic E-state index is 0.130. The molecule has 0 saturated carbocycles. The van der Waals surface area contributed by atoms with Crippen molar-refractivity contribution in [2.45, 2.75) is 6.04 Å². The van der Waals surface area contributed by atoms with E-state index in [2.05, 4.69) is 10.2 Å². The van der Waals surface area contributed by atoms with Crippen LogP contribution in [0, 0.1) is 0 Å². The highest BCUT2D eigenvalue weighted by Crippen LogP contribution is 2.45. The first-order chi connectivity index (χ1) is 14.7. The normalized spacial score (nSPS) is 15.3. The van der Waals surface area contributed by atoms with Crippen molar-refractivity contribution >= 4 is 23.2 Å². The zero-order valence-electron chi connectivity index (χ0n) is 16.2. The molecule has 1 aromatic heterocycles. The maximum Gasteiger partial charge on any atom is 0.277 e. The molecule has 0 fully saturated rings. The Labute approximate surface area is 178 Å². The number of aromatic nitrogens is 2. The fourth-order valence-corrected chi connectivity index (χ4v) is 4.08. The third kappa shape index (κ3) is 2.95. The number of methoxy groups -OCH3 is 1. The van der Waals surface area contributed by atoms with Crippen molar-refractivity contribution < 1.29 is 9.53 Å². The second-order valence-corrected chi connectivity index (χ2v) is 7.49. The fourth-order valence-electron chi connectivity index (χ4n) is 3.96. The number of carbonyl (C=O) groups is 1. The summed E-state index contributed by atoms with van der Waals surface area (Å²) in [4.78, 5) is 15.2. The third-order valence-electron chi connectivity index (χ3n) is 5.33. The van der Waals surface area contributed by atoms with Crippen molar-refractivity contribution in [3.05, 3.63) is 101 Å². The molecule has 5 rings (SSSR count). The van der Waals surface area contributed by atoms with Gasteiger partial charge in [-0.2, -0.15) is 5.10 Å². The maximum absolute atomic E-state index is 13.5. The summed E-state index contributed by atoms with van der Waals surface area (Å²) in [6, 6.07) is 24.6. The first kappa shape index (κ1) is 18.5. The number of rotatable bonds is 4. The second kappa shape index (κ2) is 7.35. The van der Waals surface area contributed by atoms with Gasteiger partial charge in [0, 0.05) is 21.8 Å². The number of hydrogen-bond donors (Lipinski definition) is 1. The fraction of sp³-hybridized carbons (Fsp3) is 0.0833. The molecule has 30 heavy (non-hydrogen) atoms. The molecule has 3 aromatic carbocycles. The quantitative estimate of drug-likeness (QED) is 0.479. The molecule has 0 unspecified atom stereocenters. The van der Waals surface area contributed by atoms with E-state index < -0.39 is 0 Å². The van der Waals surface area contributed by atoms with Gasteiger partial charge in [-0.05, 0) is 42.0 Å². The number of aromatic amines is 1. The Morgan fingerprint density at radius 1 is 1.00 bits per heavy atom. The molecule has 2 heterocycles. The Morgan fingerprint density at radius 2 is 1.77 bits per heavy atom. The van der Waals surface area contributed by atoms with Crippen LogP contribution >= 0.6 is 11.6 Å². The molecule has 0 bridgehead atoms. The SMILES string of the molecule is COc1cccc([C@@H]2c3c(-c4ccccc4)n[nH]c3C(=O)N2c2ccc(Cl)cc2)c1. The molecule has 6 heteroatoms. The summed E-state index contributed by atoms with van der Waals surface area (Å²) in [7, 11) is 1.63. The van der Waals surface area contributed by atoms with E-state index in [4.69, 9.17) is 16.3 Å². The van der Waals surface area contributed by atoms with Gasteiger partial charge in [0.2, 0.25) is 0 Å². The van der Waals surface area contributed by atoms with Crippen molar-refractivity contribution in [3.8, 4) is 17.0 Å². The molecule has 1 aliphatic heterocycles. The van der Waals surface area contributed by atoms with Crippen molar-refractivity contribution in [2.24, 2.45) is 0 Å². The van der Waals surface area contributed by atoms with Crippen LogP contribution in [0.15, 0.2) is 78.9 Å². The lowest BCUT2D eigenvalue weighted by Gasteiger charge is -2.26. The Balaban J connectivity index is 1.73. The Hall–Kier alpha value is -3.57. The number of carbonyl (C=O) groups excluding carboxylic acids is 1. The highest BCUT2D eigenvalue weighted by atomic mass is 35.5. The number of hydrogen-bond acceptors (Lipinski definition) is 3. The van der Waals surface area contributed by atoms with Gasteiger partial charge in [0.25, 0.3) is 5.91 Å². The van der Waals surface area contributed by atoms with Crippen molar-refractivity contribution in [3.63, 3.8) is 0 Å². The van der Waals surface area contributed by atoms with E-state index in [1.165, 1.54) is 0 Å². The molecule has 1 N–H and O–H groups in total. The number of halogens is 1. The lowest BCUT2D eigenvalue weighted by atomic mass is 9.95. The van der Waals surface area contributed by atoms with Gasteiger partial charge in [-0.1, -0.05) is 54.1 Å². The molecule has 1 atom stereocenters. The van der Waals surface area contributed by atoms with Gasteiger partial charge in [-0.3, -0.25) is 14.8 Å². The van der Waals surface area contributed by atoms with Gasteiger partial charge in [0.1, 0.15) is 11.4 Å². The molecule has 0 radical (unpaired) electrons. The van der Waals surface area contributed by atoms with Gasteiger partial charge >= 0.3 is 0 Å². The number of anilines is 1. The van der Waals surface area contributed by atoms with Crippen LogP contribution in [0.4, 0.5) is 5.69 Å². The number of nitrogens with zero attached hydrogens (tertiary/aromatic N) is 2. The highest BCUT2D eigenvalue weighted by Gasteiger charge is 2.43. The smallest absolute Gasteiger partial charge is 0.277 e. The standard InChI is InChI=1S/C24H18ClN3O2/c1-30-19-9-5-8-16(14-19)23-20-21(15-6-3-2-4-7-15)26-27-22(20)24(29)28(23)18-12-10-17(25)11-13-18/h2-14,23H,1H3,(H,26,27)/t23-/m1/s1. The van der Waals surface area contributed by atoms with Gasteiger partial charge < -0.3 is 4.74 Å². The van der Waals surface area contributed by atoms with Crippen LogP contribution in [0.1, 0.15) is 27.7 Å². The van der Waals surface area contributed by atoms with Gasteiger partial charge in [-0.15, -0.1) is 0 Å². The van der Waals surface area contributed by atoms with E-state index >= 15 is 0 Å². The highest BCUT2D eigenvalue weighted by molar-refractivity contribution is 6.30. The molecular weight excluding hydrogens is 398 g/mol. The predicted octanol–water partition coefficient (Wildman–Crippen LogP) is 5.49. The maximum atomic E-state index is 13.5. The first-order valence-electron chi connectivity index (χ1n) is 9.54. The Morgan fingerprint density at radius 3 is 2.50 bits per heavy atom. The average molecular weight is 416 g/mol. The number of nitrogens with one attached hydrogen (secondary N) is 1.